The number of nitrogens with one attached hydrogen (secondary N) is 2. The number of sulfonamides is 1. The Bertz CT molecular complexity index is 497. The quantitative estimate of drug-likeness (QED) is 0.515. The largest absolute Gasteiger partial charge is 0.375 e. The molecule has 6 nitrogen and oxygen atoms in total. The summed E-state index contributed by atoms with van der Waals surface area (Å²) in [5.41, 5.74) is 2.55. The van der Waals surface area contributed by atoms with Gasteiger partial charge in [0.1, 0.15) is 0 Å². The minimum Gasteiger partial charge on any atom is -0.375 e. The first kappa shape index (κ1) is 15.9. The molecule has 0 aliphatic carbocycles. The summed E-state index contributed by atoms with van der Waals surface area (Å²) >= 11 is 0. The summed E-state index contributed by atoms with van der Waals surface area (Å²) in [6.07, 6.45) is 0. The first-order valence-electron chi connectivity index (χ1n) is 6.01. The van der Waals surface area contributed by atoms with Gasteiger partial charge in [0, 0.05) is 18.8 Å². The third-order valence-corrected chi connectivity index (χ3v) is 3.97. The molecule has 0 aliphatic rings. The molecule has 4 N–H and O–H groups in total. The fraction of sp³-hybridized carbons (Fsp3) is 0.500. The van der Waals surface area contributed by atoms with Crippen LogP contribution in [-0.4, -0.2) is 27.2 Å². The molecule has 1 rings (SSSR count). The lowest BCUT2D eigenvalue weighted by Gasteiger charge is -2.24. The molecule has 0 fully saturated rings. The zero-order chi connectivity index (χ0) is 14.5. The van der Waals surface area contributed by atoms with Gasteiger partial charge < -0.3 is 10.2 Å². The number of ether oxygens (including phenoxy) is 1. The zero-order valence-corrected chi connectivity index (χ0v) is 12.3. The van der Waals surface area contributed by atoms with Crippen molar-refractivity contribution >= 4 is 15.7 Å². The van der Waals surface area contributed by atoms with E-state index >= 15 is 0 Å². The molecule has 0 saturated heterocycles. The maximum atomic E-state index is 12.1. The van der Waals surface area contributed by atoms with Crippen LogP contribution in [0.2, 0.25) is 0 Å². The van der Waals surface area contributed by atoms with Crippen molar-refractivity contribution in [2.24, 2.45) is 5.84 Å². The molecular weight excluding hydrogens is 266 g/mol. The minimum atomic E-state index is -3.54. The van der Waals surface area contributed by atoms with E-state index in [4.69, 9.17) is 10.6 Å². The van der Waals surface area contributed by atoms with E-state index < -0.39 is 15.6 Å². The van der Waals surface area contributed by atoms with Crippen LogP contribution in [0.3, 0.4) is 0 Å². The Balaban J connectivity index is 2.75. The van der Waals surface area contributed by atoms with Crippen LogP contribution in [0.4, 0.5) is 5.69 Å². The van der Waals surface area contributed by atoms with Crippen LogP contribution in [-0.2, 0) is 14.8 Å². The van der Waals surface area contributed by atoms with E-state index in [2.05, 4.69) is 10.1 Å². The van der Waals surface area contributed by atoms with Crippen molar-refractivity contribution in [2.75, 3.05) is 18.6 Å². The summed E-state index contributed by atoms with van der Waals surface area (Å²) in [4.78, 5) is 0.193. The van der Waals surface area contributed by atoms with Crippen LogP contribution in [0.5, 0.6) is 0 Å². The van der Waals surface area contributed by atoms with Gasteiger partial charge in [-0.25, -0.2) is 13.1 Å². The molecule has 0 saturated carbocycles. The van der Waals surface area contributed by atoms with E-state index in [1.54, 1.807) is 12.1 Å². The molecule has 108 valence electrons. The summed E-state index contributed by atoms with van der Waals surface area (Å²) < 4.78 is 32.1. The van der Waals surface area contributed by atoms with E-state index in [1.807, 2.05) is 20.8 Å². The lowest BCUT2D eigenvalue weighted by Crippen LogP contribution is -2.40. The fourth-order valence-corrected chi connectivity index (χ4v) is 2.72. The van der Waals surface area contributed by atoms with Crippen LogP contribution in [0.1, 0.15) is 20.8 Å². The summed E-state index contributed by atoms with van der Waals surface area (Å²) in [5.74, 6) is 5.23. The Morgan fingerprint density at radius 1 is 1.26 bits per heavy atom. The minimum absolute atomic E-state index is 0.193. The third-order valence-electron chi connectivity index (χ3n) is 2.55. The van der Waals surface area contributed by atoms with Crippen LogP contribution < -0.4 is 16.0 Å². The predicted molar refractivity (Wildman–Crippen MR) is 75.1 cm³/mol. The van der Waals surface area contributed by atoms with Gasteiger partial charge in [0.25, 0.3) is 0 Å². The van der Waals surface area contributed by atoms with Gasteiger partial charge in [-0.05, 0) is 45.0 Å². The van der Waals surface area contributed by atoms with Crippen molar-refractivity contribution in [3.63, 3.8) is 0 Å². The van der Waals surface area contributed by atoms with Crippen LogP contribution in [0.25, 0.3) is 0 Å². The number of benzene rings is 1. The molecular formula is C12H21N3O3S. The van der Waals surface area contributed by atoms with Crippen LogP contribution in [0.15, 0.2) is 29.2 Å². The highest BCUT2D eigenvalue weighted by atomic mass is 32.2. The van der Waals surface area contributed by atoms with E-state index in [9.17, 15) is 8.42 Å². The van der Waals surface area contributed by atoms with E-state index in [-0.39, 0.29) is 11.4 Å². The molecule has 0 bridgehead atoms. The Hall–Kier alpha value is -1.15. The summed E-state index contributed by atoms with van der Waals surface area (Å²) in [5, 5.41) is 0. The maximum absolute atomic E-state index is 12.1. The molecule has 0 amide bonds. The van der Waals surface area contributed by atoms with Gasteiger partial charge in [0.05, 0.1) is 10.5 Å². The highest BCUT2D eigenvalue weighted by Gasteiger charge is 2.22. The lowest BCUT2D eigenvalue weighted by atomic mass is 10.1. The number of hydrogen-bond acceptors (Lipinski definition) is 5. The molecule has 0 aliphatic heterocycles. The molecule has 0 radical (unpaired) electrons. The first-order chi connectivity index (χ1) is 8.80. The van der Waals surface area contributed by atoms with E-state index in [0.717, 1.165) is 0 Å². The number of nitrogens with two attached hydrogens (primary N) is 1. The smallest absolute Gasteiger partial charge is 0.240 e. The molecule has 19 heavy (non-hydrogen) atoms. The van der Waals surface area contributed by atoms with Gasteiger partial charge in [-0.2, -0.15) is 0 Å². The summed E-state index contributed by atoms with van der Waals surface area (Å²) in [7, 11) is -3.54. The highest BCUT2D eigenvalue weighted by molar-refractivity contribution is 7.89. The van der Waals surface area contributed by atoms with Crippen molar-refractivity contribution in [1.29, 1.82) is 0 Å². The van der Waals surface area contributed by atoms with Gasteiger partial charge >= 0.3 is 0 Å². The van der Waals surface area contributed by atoms with Crippen molar-refractivity contribution in [3.8, 4) is 0 Å². The highest BCUT2D eigenvalue weighted by Crippen LogP contribution is 2.14. The first-order valence-corrected chi connectivity index (χ1v) is 7.49. The standard InChI is InChI=1S/C12H21N3O3S/c1-4-18-12(2,3)9-14-19(16,17)11-7-5-10(15-13)6-8-11/h5-8,14-15H,4,9,13H2,1-3H3. The molecule has 0 spiro atoms. The van der Waals surface area contributed by atoms with Gasteiger partial charge in [-0.1, -0.05) is 0 Å². The molecule has 0 heterocycles. The van der Waals surface area contributed by atoms with Crippen molar-refractivity contribution in [1.82, 2.24) is 4.72 Å². The van der Waals surface area contributed by atoms with Crippen LogP contribution in [0, 0.1) is 0 Å². The second kappa shape index (κ2) is 6.33. The Morgan fingerprint density at radius 3 is 2.32 bits per heavy atom. The third kappa shape index (κ3) is 4.79. The van der Waals surface area contributed by atoms with Gasteiger partial charge in [-0.3, -0.25) is 5.84 Å². The monoisotopic (exact) mass is 287 g/mol. The topological polar surface area (TPSA) is 93.4 Å². The SMILES string of the molecule is CCOC(C)(C)CNS(=O)(=O)c1ccc(NN)cc1. The predicted octanol–water partition coefficient (Wildman–Crippen LogP) is 1.07. The number of nitrogen functional groups attached to an aromatic ring is 1. The van der Waals surface area contributed by atoms with Gasteiger partial charge in [0.2, 0.25) is 10.0 Å². The van der Waals surface area contributed by atoms with Gasteiger partial charge in [0.15, 0.2) is 0 Å². The Labute approximate surface area is 114 Å². The number of rotatable bonds is 7. The van der Waals surface area contributed by atoms with E-state index in [1.165, 1.54) is 12.1 Å². The number of anilines is 1. The molecule has 1 aromatic rings. The molecule has 7 heteroatoms. The van der Waals surface area contributed by atoms with Crippen LogP contribution >= 0.6 is 0 Å². The van der Waals surface area contributed by atoms with Gasteiger partial charge in [-0.15, -0.1) is 0 Å². The zero-order valence-electron chi connectivity index (χ0n) is 11.4. The second-order valence-corrected chi connectivity index (χ2v) is 6.45. The number of hydrogen-bond donors (Lipinski definition) is 3. The maximum Gasteiger partial charge on any atom is 0.240 e. The number of hydrazine groups is 1. The van der Waals surface area contributed by atoms with E-state index in [0.29, 0.717) is 12.3 Å². The normalized spacial score (nSPS) is 12.4. The summed E-state index contributed by atoms with van der Waals surface area (Å²) in [6.45, 7) is 6.28. The molecule has 1 aromatic carbocycles. The van der Waals surface area contributed by atoms with Crippen molar-refractivity contribution in [3.05, 3.63) is 24.3 Å². The average molecular weight is 287 g/mol. The van der Waals surface area contributed by atoms with Crippen molar-refractivity contribution in [2.45, 2.75) is 31.3 Å². The lowest BCUT2D eigenvalue weighted by molar-refractivity contribution is -0.00515. The molecule has 0 aromatic heterocycles. The summed E-state index contributed by atoms with van der Waals surface area (Å²) in [6, 6.07) is 6.18. The Kier molecular flexibility index (Phi) is 5.30. The Morgan fingerprint density at radius 2 is 1.84 bits per heavy atom. The fourth-order valence-electron chi connectivity index (χ4n) is 1.52. The average Bonchev–Trinajstić information content (AvgIpc) is 2.37. The molecule has 0 atom stereocenters. The second-order valence-electron chi connectivity index (χ2n) is 4.69. The molecule has 0 unspecified atom stereocenters. The van der Waals surface area contributed by atoms with Crippen molar-refractivity contribution < 1.29 is 13.2 Å².